The van der Waals surface area contributed by atoms with E-state index in [9.17, 15) is 24.6 Å². The van der Waals surface area contributed by atoms with Gasteiger partial charge in [0, 0.05) is 17.6 Å². The number of hydrogen-bond acceptors (Lipinski definition) is 5. The van der Waals surface area contributed by atoms with Crippen LogP contribution in [0.15, 0.2) is 36.0 Å². The van der Waals surface area contributed by atoms with E-state index in [1.54, 1.807) is 13.0 Å². The van der Waals surface area contributed by atoms with Gasteiger partial charge in [-0.2, -0.15) is 0 Å². The molecule has 7 nitrogen and oxygen atoms in total. The zero-order valence-corrected chi connectivity index (χ0v) is 14.5. The van der Waals surface area contributed by atoms with Crippen LogP contribution in [0.3, 0.4) is 0 Å². The first-order valence-corrected chi connectivity index (χ1v) is 8.62. The first-order valence-electron chi connectivity index (χ1n) is 8.62. The van der Waals surface area contributed by atoms with E-state index in [0.29, 0.717) is 12.8 Å². The summed E-state index contributed by atoms with van der Waals surface area (Å²) in [5.74, 6) is -3.03. The van der Waals surface area contributed by atoms with Crippen molar-refractivity contribution >= 4 is 17.9 Å². The predicted molar refractivity (Wildman–Crippen MR) is 90.1 cm³/mol. The van der Waals surface area contributed by atoms with Gasteiger partial charge in [0.2, 0.25) is 0 Å². The Morgan fingerprint density at radius 2 is 2.00 bits per heavy atom. The fourth-order valence-corrected chi connectivity index (χ4v) is 4.82. The Kier molecular flexibility index (Phi) is 4.30. The zero-order valence-electron chi connectivity index (χ0n) is 14.5. The third-order valence-electron chi connectivity index (χ3n) is 6.18. The first-order chi connectivity index (χ1) is 12.1. The molecule has 3 aliphatic rings. The van der Waals surface area contributed by atoms with E-state index < -0.39 is 34.5 Å². The van der Waals surface area contributed by atoms with Crippen molar-refractivity contribution in [1.82, 2.24) is 0 Å². The number of carboxylic acid groups (broad SMARTS) is 2. The number of aliphatic carboxylic acids is 2. The molecule has 2 aliphatic carbocycles. The molecule has 1 saturated heterocycles. The predicted octanol–water partition coefficient (Wildman–Crippen LogP) is 1.82. The molecule has 2 bridgehead atoms. The standard InChI is InChI=1S/C19H22O7/c1-17(8-3-2-4-14(20)21)13-7-10-18(16(24)26-17)9-5-12(15(22)23)6-11-19(13,18)25/h2-5,8,13,25H,6-7,9-11H2,1H3,(H,20,21)(H,22,23)/b4-2+,8-3+/t13-,17-,18+,19-/m0/s1. The van der Waals surface area contributed by atoms with Gasteiger partial charge < -0.3 is 20.1 Å². The van der Waals surface area contributed by atoms with Gasteiger partial charge in [-0.15, -0.1) is 0 Å². The largest absolute Gasteiger partial charge is 0.478 e. The summed E-state index contributed by atoms with van der Waals surface area (Å²) in [4.78, 5) is 34.8. The lowest BCUT2D eigenvalue weighted by molar-refractivity contribution is -0.224. The molecule has 0 amide bonds. The SMILES string of the molecule is C[C@@]1(/C=C/C=C/C(=O)O)OC(=O)[C@]23CC=C(C(=O)O)CC[C@]2(O)[C@H]1CC3. The third-order valence-corrected chi connectivity index (χ3v) is 6.18. The highest BCUT2D eigenvalue weighted by Gasteiger charge is 2.71. The van der Waals surface area contributed by atoms with Gasteiger partial charge in [0.25, 0.3) is 0 Å². The quantitative estimate of drug-likeness (QED) is 0.396. The van der Waals surface area contributed by atoms with Crippen LogP contribution in [0.5, 0.6) is 0 Å². The summed E-state index contributed by atoms with van der Waals surface area (Å²) >= 11 is 0. The van der Waals surface area contributed by atoms with E-state index in [1.807, 2.05) is 0 Å². The topological polar surface area (TPSA) is 121 Å². The number of rotatable bonds is 4. The summed E-state index contributed by atoms with van der Waals surface area (Å²) in [6.07, 6.45) is 8.46. The maximum Gasteiger partial charge on any atom is 0.331 e. The Labute approximate surface area is 150 Å². The van der Waals surface area contributed by atoms with Crippen molar-refractivity contribution in [3.63, 3.8) is 0 Å². The van der Waals surface area contributed by atoms with E-state index in [1.165, 1.54) is 18.2 Å². The number of hydrogen-bond donors (Lipinski definition) is 3. The van der Waals surface area contributed by atoms with Crippen molar-refractivity contribution < 1.29 is 34.4 Å². The first kappa shape index (κ1) is 18.4. The number of allylic oxidation sites excluding steroid dienone is 3. The number of carboxylic acids is 2. The lowest BCUT2D eigenvalue weighted by atomic mass is 9.62. The van der Waals surface area contributed by atoms with Crippen LogP contribution >= 0.6 is 0 Å². The van der Waals surface area contributed by atoms with E-state index in [4.69, 9.17) is 9.84 Å². The second-order valence-electron chi connectivity index (χ2n) is 7.47. The molecular formula is C19H22O7. The average molecular weight is 362 g/mol. The molecule has 1 saturated carbocycles. The normalized spacial score (nSPS) is 39.4. The van der Waals surface area contributed by atoms with Gasteiger partial charge in [-0.25, -0.2) is 9.59 Å². The second-order valence-corrected chi connectivity index (χ2v) is 7.47. The van der Waals surface area contributed by atoms with Crippen LogP contribution in [0.2, 0.25) is 0 Å². The fourth-order valence-electron chi connectivity index (χ4n) is 4.82. The molecule has 0 radical (unpaired) electrons. The number of cyclic esters (lactones) is 1. The van der Waals surface area contributed by atoms with Gasteiger partial charge in [-0.05, 0) is 45.1 Å². The van der Waals surface area contributed by atoms with Crippen molar-refractivity contribution in [3.05, 3.63) is 36.0 Å². The van der Waals surface area contributed by atoms with E-state index in [-0.39, 0.29) is 30.8 Å². The molecule has 1 heterocycles. The third kappa shape index (κ3) is 2.58. The summed E-state index contributed by atoms with van der Waals surface area (Å²) in [7, 11) is 0. The van der Waals surface area contributed by atoms with Crippen LogP contribution in [0, 0.1) is 11.3 Å². The number of aliphatic hydroxyl groups is 1. The lowest BCUT2D eigenvalue weighted by Crippen LogP contribution is -2.63. The Morgan fingerprint density at radius 3 is 2.65 bits per heavy atom. The molecule has 1 aliphatic heterocycles. The summed E-state index contributed by atoms with van der Waals surface area (Å²) in [5, 5.41) is 29.5. The molecule has 140 valence electrons. The molecule has 2 fully saturated rings. The summed E-state index contributed by atoms with van der Waals surface area (Å²) < 4.78 is 5.70. The zero-order chi connectivity index (χ0) is 19.2. The van der Waals surface area contributed by atoms with Gasteiger partial charge in [-0.3, -0.25) is 4.79 Å². The summed E-state index contributed by atoms with van der Waals surface area (Å²) in [5.41, 5.74) is -3.34. The molecule has 0 unspecified atom stereocenters. The molecule has 0 spiro atoms. The monoisotopic (exact) mass is 362 g/mol. The van der Waals surface area contributed by atoms with E-state index in [0.717, 1.165) is 6.08 Å². The Morgan fingerprint density at radius 1 is 1.27 bits per heavy atom. The molecule has 7 heteroatoms. The van der Waals surface area contributed by atoms with Crippen LogP contribution < -0.4 is 0 Å². The van der Waals surface area contributed by atoms with Crippen LogP contribution in [-0.4, -0.2) is 44.4 Å². The number of esters is 1. The second kappa shape index (κ2) is 6.09. The van der Waals surface area contributed by atoms with Crippen molar-refractivity contribution in [3.8, 4) is 0 Å². The van der Waals surface area contributed by atoms with Crippen molar-refractivity contribution in [2.75, 3.05) is 0 Å². The maximum absolute atomic E-state index is 12.9. The highest BCUT2D eigenvalue weighted by Crippen LogP contribution is 2.63. The Balaban J connectivity index is 1.96. The van der Waals surface area contributed by atoms with Crippen LogP contribution in [0.4, 0.5) is 0 Å². The Bertz CT molecular complexity index is 749. The van der Waals surface area contributed by atoms with Crippen LogP contribution in [0.25, 0.3) is 0 Å². The van der Waals surface area contributed by atoms with E-state index >= 15 is 0 Å². The minimum Gasteiger partial charge on any atom is -0.478 e. The summed E-state index contributed by atoms with van der Waals surface area (Å²) in [6, 6.07) is 0. The minimum atomic E-state index is -1.36. The lowest BCUT2D eigenvalue weighted by Gasteiger charge is -2.52. The molecular weight excluding hydrogens is 340 g/mol. The van der Waals surface area contributed by atoms with Gasteiger partial charge in [0.15, 0.2) is 0 Å². The number of carbonyl (C=O) groups is 3. The highest BCUT2D eigenvalue weighted by molar-refractivity contribution is 5.88. The van der Waals surface area contributed by atoms with Gasteiger partial charge in [0.1, 0.15) is 11.0 Å². The molecule has 3 rings (SSSR count). The average Bonchev–Trinajstić information content (AvgIpc) is 2.68. The smallest absolute Gasteiger partial charge is 0.331 e. The highest BCUT2D eigenvalue weighted by atomic mass is 16.6. The van der Waals surface area contributed by atoms with Crippen LogP contribution in [0.1, 0.15) is 39.0 Å². The summed E-state index contributed by atoms with van der Waals surface area (Å²) in [6.45, 7) is 1.70. The van der Waals surface area contributed by atoms with Crippen molar-refractivity contribution in [2.24, 2.45) is 11.3 Å². The minimum absolute atomic E-state index is 0.152. The molecule has 0 aromatic heterocycles. The van der Waals surface area contributed by atoms with E-state index in [2.05, 4.69) is 0 Å². The Hall–Kier alpha value is -2.41. The molecule has 0 aromatic rings. The number of ether oxygens (including phenoxy) is 1. The number of carbonyl (C=O) groups excluding carboxylic acids is 1. The van der Waals surface area contributed by atoms with Gasteiger partial charge in [0.05, 0.1) is 5.60 Å². The van der Waals surface area contributed by atoms with Crippen molar-refractivity contribution in [2.45, 2.75) is 50.2 Å². The molecule has 0 aromatic carbocycles. The maximum atomic E-state index is 12.9. The molecule has 4 atom stereocenters. The fraction of sp³-hybridized carbons (Fsp3) is 0.526. The van der Waals surface area contributed by atoms with Crippen LogP contribution in [-0.2, 0) is 19.1 Å². The molecule has 26 heavy (non-hydrogen) atoms. The van der Waals surface area contributed by atoms with Gasteiger partial charge >= 0.3 is 17.9 Å². The molecule has 3 N–H and O–H groups in total. The van der Waals surface area contributed by atoms with Gasteiger partial charge in [-0.1, -0.05) is 18.2 Å². The van der Waals surface area contributed by atoms with Crippen molar-refractivity contribution in [1.29, 1.82) is 0 Å².